The molecule has 2 rings (SSSR count). The van der Waals surface area contributed by atoms with Crippen molar-refractivity contribution in [3.8, 4) is 0 Å². The van der Waals surface area contributed by atoms with Crippen molar-refractivity contribution < 1.29 is 0 Å². The number of hydrogen-bond acceptors (Lipinski definition) is 2. The van der Waals surface area contributed by atoms with E-state index >= 15 is 0 Å². The van der Waals surface area contributed by atoms with Crippen molar-refractivity contribution in [2.45, 2.75) is 19.4 Å². The van der Waals surface area contributed by atoms with Crippen molar-refractivity contribution in [1.82, 2.24) is 9.97 Å². The number of halogens is 1. The fourth-order valence-electron chi connectivity index (χ4n) is 1.71. The minimum atomic E-state index is -0.0800. The third-order valence-electron chi connectivity index (χ3n) is 2.46. The van der Waals surface area contributed by atoms with Crippen molar-refractivity contribution in [1.29, 1.82) is 0 Å². The second-order valence-corrected chi connectivity index (χ2v) is 4.34. The van der Waals surface area contributed by atoms with E-state index in [4.69, 9.17) is 17.3 Å². The molecule has 4 heteroatoms. The Kier molecular flexibility index (Phi) is 3.27. The van der Waals surface area contributed by atoms with Crippen molar-refractivity contribution >= 4 is 11.6 Å². The molecule has 16 heavy (non-hydrogen) atoms. The lowest BCUT2D eigenvalue weighted by Crippen LogP contribution is -2.14. The number of imidazole rings is 1. The van der Waals surface area contributed by atoms with Gasteiger partial charge in [0.25, 0.3) is 0 Å². The molecule has 3 N–H and O–H groups in total. The zero-order chi connectivity index (χ0) is 11.5. The Balaban J connectivity index is 2.17. The van der Waals surface area contributed by atoms with Crippen LogP contribution in [-0.2, 0) is 6.42 Å². The van der Waals surface area contributed by atoms with Crippen LogP contribution in [0.4, 0.5) is 0 Å². The van der Waals surface area contributed by atoms with Gasteiger partial charge in [0.1, 0.15) is 5.82 Å². The normalized spacial score (nSPS) is 12.7. The highest BCUT2D eigenvalue weighted by molar-refractivity contribution is 6.30. The van der Waals surface area contributed by atoms with E-state index in [2.05, 4.69) is 16.0 Å². The van der Waals surface area contributed by atoms with E-state index < -0.39 is 0 Å². The van der Waals surface area contributed by atoms with Crippen LogP contribution in [0.25, 0.3) is 0 Å². The highest BCUT2D eigenvalue weighted by atomic mass is 35.5. The molecule has 1 aromatic carbocycles. The lowest BCUT2D eigenvalue weighted by molar-refractivity contribution is 0.694. The molecule has 84 valence electrons. The molecule has 0 spiro atoms. The number of aromatic amines is 1. The molecule has 1 aromatic heterocycles. The Morgan fingerprint density at radius 1 is 1.44 bits per heavy atom. The number of aromatic nitrogens is 2. The van der Waals surface area contributed by atoms with Gasteiger partial charge in [-0.1, -0.05) is 17.7 Å². The minimum Gasteiger partial charge on any atom is -0.349 e. The van der Waals surface area contributed by atoms with Crippen LogP contribution in [0.3, 0.4) is 0 Å². The Morgan fingerprint density at radius 3 is 2.88 bits per heavy atom. The van der Waals surface area contributed by atoms with Gasteiger partial charge in [0.05, 0.1) is 0 Å². The summed E-state index contributed by atoms with van der Waals surface area (Å²) in [5, 5.41) is 0.727. The highest BCUT2D eigenvalue weighted by Crippen LogP contribution is 2.20. The van der Waals surface area contributed by atoms with E-state index in [1.54, 1.807) is 12.4 Å². The van der Waals surface area contributed by atoms with E-state index in [-0.39, 0.29) is 6.04 Å². The average molecular weight is 236 g/mol. The van der Waals surface area contributed by atoms with Crippen LogP contribution >= 0.6 is 11.6 Å². The quantitative estimate of drug-likeness (QED) is 0.859. The number of rotatable bonds is 3. The molecule has 0 aliphatic heterocycles. The lowest BCUT2D eigenvalue weighted by atomic mass is 10.0. The summed E-state index contributed by atoms with van der Waals surface area (Å²) < 4.78 is 0. The SMILES string of the molecule is Cc1cc(Cl)cc(C(N)Cc2ncc[nH]2)c1. The van der Waals surface area contributed by atoms with E-state index in [0.29, 0.717) is 6.42 Å². The molecule has 0 saturated heterocycles. The van der Waals surface area contributed by atoms with Gasteiger partial charge < -0.3 is 10.7 Å². The van der Waals surface area contributed by atoms with Crippen LogP contribution in [0.5, 0.6) is 0 Å². The van der Waals surface area contributed by atoms with E-state index in [9.17, 15) is 0 Å². The van der Waals surface area contributed by atoms with Gasteiger partial charge in [0.15, 0.2) is 0 Å². The molecule has 0 aliphatic rings. The van der Waals surface area contributed by atoms with Gasteiger partial charge in [0, 0.05) is 29.9 Å². The fourth-order valence-corrected chi connectivity index (χ4v) is 2.01. The van der Waals surface area contributed by atoms with Crippen LogP contribution in [0.2, 0.25) is 5.02 Å². The summed E-state index contributed by atoms with van der Waals surface area (Å²) >= 11 is 6.00. The lowest BCUT2D eigenvalue weighted by Gasteiger charge is -2.11. The molecule has 0 saturated carbocycles. The number of nitrogens with one attached hydrogen (secondary N) is 1. The number of hydrogen-bond donors (Lipinski definition) is 2. The molecule has 0 radical (unpaired) electrons. The second-order valence-electron chi connectivity index (χ2n) is 3.91. The van der Waals surface area contributed by atoms with Gasteiger partial charge in [-0.2, -0.15) is 0 Å². The molecular formula is C12H14ClN3. The maximum atomic E-state index is 6.11. The fraction of sp³-hybridized carbons (Fsp3) is 0.250. The van der Waals surface area contributed by atoms with Crippen molar-refractivity contribution in [2.24, 2.45) is 5.73 Å². The summed E-state index contributed by atoms with van der Waals surface area (Å²) in [7, 11) is 0. The van der Waals surface area contributed by atoms with Gasteiger partial charge in [-0.3, -0.25) is 0 Å². The summed E-state index contributed by atoms with van der Waals surface area (Å²) in [6.45, 7) is 2.01. The smallest absolute Gasteiger partial charge is 0.107 e. The Morgan fingerprint density at radius 2 is 2.25 bits per heavy atom. The highest BCUT2D eigenvalue weighted by Gasteiger charge is 2.09. The molecule has 3 nitrogen and oxygen atoms in total. The number of nitrogens with two attached hydrogens (primary N) is 1. The zero-order valence-corrected chi connectivity index (χ0v) is 9.83. The molecule has 0 aliphatic carbocycles. The number of benzene rings is 1. The molecule has 1 unspecified atom stereocenters. The van der Waals surface area contributed by atoms with Crippen LogP contribution < -0.4 is 5.73 Å². The molecule has 0 amide bonds. The topological polar surface area (TPSA) is 54.7 Å². The molecule has 0 fully saturated rings. The second kappa shape index (κ2) is 4.68. The number of aryl methyl sites for hydroxylation is 1. The van der Waals surface area contributed by atoms with Gasteiger partial charge >= 0.3 is 0 Å². The molecule has 0 bridgehead atoms. The monoisotopic (exact) mass is 235 g/mol. The van der Waals surface area contributed by atoms with Crippen LogP contribution in [0.1, 0.15) is 23.0 Å². The maximum absolute atomic E-state index is 6.11. The summed E-state index contributed by atoms with van der Waals surface area (Å²) in [4.78, 5) is 7.20. The van der Waals surface area contributed by atoms with E-state index in [1.165, 1.54) is 0 Å². The molecular weight excluding hydrogens is 222 g/mol. The first-order chi connectivity index (χ1) is 7.65. The first-order valence-corrected chi connectivity index (χ1v) is 5.54. The molecule has 1 atom stereocenters. The van der Waals surface area contributed by atoms with Crippen LogP contribution in [0.15, 0.2) is 30.6 Å². The van der Waals surface area contributed by atoms with Gasteiger partial charge in [-0.15, -0.1) is 0 Å². The van der Waals surface area contributed by atoms with Crippen molar-refractivity contribution in [3.05, 3.63) is 52.6 Å². The van der Waals surface area contributed by atoms with Crippen molar-refractivity contribution in [3.63, 3.8) is 0 Å². The van der Waals surface area contributed by atoms with Gasteiger partial charge in [-0.05, 0) is 30.2 Å². The van der Waals surface area contributed by atoms with Gasteiger partial charge in [-0.25, -0.2) is 4.98 Å². The zero-order valence-electron chi connectivity index (χ0n) is 9.07. The summed E-state index contributed by atoms with van der Waals surface area (Å²) in [6, 6.07) is 5.80. The average Bonchev–Trinajstić information content (AvgIpc) is 2.68. The standard InChI is InChI=1S/C12H14ClN3/c1-8-4-9(6-10(13)5-8)11(14)7-12-15-2-3-16-12/h2-6,11H,7,14H2,1H3,(H,15,16). The third kappa shape index (κ3) is 2.62. The van der Waals surface area contributed by atoms with Crippen molar-refractivity contribution in [2.75, 3.05) is 0 Å². The summed E-state index contributed by atoms with van der Waals surface area (Å²) in [6.07, 6.45) is 4.21. The Bertz CT molecular complexity index is 445. The summed E-state index contributed by atoms with van der Waals surface area (Å²) in [5.41, 5.74) is 8.27. The largest absolute Gasteiger partial charge is 0.349 e. The number of H-pyrrole nitrogens is 1. The van der Waals surface area contributed by atoms with Gasteiger partial charge in [0.2, 0.25) is 0 Å². The van der Waals surface area contributed by atoms with Crippen LogP contribution in [0, 0.1) is 6.92 Å². The van der Waals surface area contributed by atoms with E-state index in [1.807, 2.05) is 19.1 Å². The predicted molar refractivity (Wildman–Crippen MR) is 65.4 cm³/mol. The summed E-state index contributed by atoms with van der Waals surface area (Å²) in [5.74, 6) is 0.894. The molecule has 1 heterocycles. The van der Waals surface area contributed by atoms with Crippen LogP contribution in [-0.4, -0.2) is 9.97 Å². The Hall–Kier alpha value is -1.32. The Labute approximate surface area is 99.7 Å². The molecule has 2 aromatic rings. The van der Waals surface area contributed by atoms with E-state index in [0.717, 1.165) is 22.0 Å². The minimum absolute atomic E-state index is 0.0800. The number of nitrogens with zero attached hydrogens (tertiary/aromatic N) is 1. The maximum Gasteiger partial charge on any atom is 0.107 e. The first kappa shape index (κ1) is 11.2. The third-order valence-corrected chi connectivity index (χ3v) is 2.68. The predicted octanol–water partition coefficient (Wildman–Crippen LogP) is 2.61. The first-order valence-electron chi connectivity index (χ1n) is 5.16.